The van der Waals surface area contributed by atoms with Crippen molar-refractivity contribution in [1.29, 1.82) is 0 Å². The van der Waals surface area contributed by atoms with Crippen molar-refractivity contribution in [1.82, 2.24) is 24.6 Å². The van der Waals surface area contributed by atoms with Gasteiger partial charge >= 0.3 is 59.1 Å². The minimum absolute atomic E-state index is 0. The van der Waals surface area contributed by atoms with Crippen LogP contribution in [0.2, 0.25) is 0 Å². The van der Waals surface area contributed by atoms with Gasteiger partial charge in [0.1, 0.15) is 18.3 Å². The van der Waals surface area contributed by atoms with Crippen molar-refractivity contribution in [2.45, 2.75) is 24.5 Å². The Hall–Kier alpha value is 0.140. The smallest absolute Gasteiger partial charge is 0.799 e. The standard InChI is InChI=1S/C10H15N6O7P.2Na/c11-10-14-7-4(8(19)15-10)12-2-16(7)9-6(18)5(17)3(23-9)1-13-24(20,21)22;;/h2-3,5-6,9,17-18H,1H2,(H3,11,14,15,19)(H3,13,20,21,22);;/q;2*+1/p-2/t3-,5-,6-,9-;;/m1../s1. The van der Waals surface area contributed by atoms with E-state index in [0.717, 1.165) is 6.33 Å². The van der Waals surface area contributed by atoms with E-state index in [4.69, 9.17) is 10.5 Å². The van der Waals surface area contributed by atoms with Crippen LogP contribution in [0.25, 0.3) is 11.2 Å². The predicted molar refractivity (Wildman–Crippen MR) is 74.1 cm³/mol. The molecule has 16 heteroatoms. The molecule has 0 bridgehead atoms. The number of H-pyrrole nitrogens is 1. The monoisotopic (exact) mass is 406 g/mol. The van der Waals surface area contributed by atoms with Crippen molar-refractivity contribution in [2.75, 3.05) is 12.3 Å². The molecule has 0 spiro atoms. The second kappa shape index (κ2) is 9.09. The minimum atomic E-state index is -5.01. The van der Waals surface area contributed by atoms with E-state index in [0.29, 0.717) is 0 Å². The molecule has 0 radical (unpaired) electrons. The summed E-state index contributed by atoms with van der Waals surface area (Å²) in [5.41, 5.74) is 4.83. The third-order valence-corrected chi connectivity index (χ3v) is 4.12. The van der Waals surface area contributed by atoms with Crippen molar-refractivity contribution in [3.05, 3.63) is 16.7 Å². The van der Waals surface area contributed by atoms with Crippen LogP contribution in [0.15, 0.2) is 11.1 Å². The van der Waals surface area contributed by atoms with Gasteiger partial charge in [-0.05, 0) is 7.75 Å². The molecule has 1 aliphatic heterocycles. The quantitative estimate of drug-likeness (QED) is 0.237. The number of nitrogens with zero attached hydrogens (tertiary/aromatic N) is 3. The molecular weight excluding hydrogens is 393 g/mol. The van der Waals surface area contributed by atoms with E-state index in [-0.39, 0.29) is 76.2 Å². The summed E-state index contributed by atoms with van der Waals surface area (Å²) in [5.74, 6) is -0.181. The molecule has 0 aliphatic carbocycles. The number of imidazole rings is 1. The largest absolute Gasteiger partial charge is 1.00 e. The van der Waals surface area contributed by atoms with Gasteiger partial charge < -0.3 is 35.0 Å². The molecule has 132 valence electrons. The summed E-state index contributed by atoms with van der Waals surface area (Å²) in [4.78, 5) is 43.0. The Morgan fingerprint density at radius 3 is 2.65 bits per heavy atom. The molecule has 1 saturated heterocycles. The van der Waals surface area contributed by atoms with Crippen LogP contribution in [-0.2, 0) is 9.30 Å². The van der Waals surface area contributed by atoms with E-state index in [2.05, 4.69) is 15.0 Å². The first-order chi connectivity index (χ1) is 11.2. The van der Waals surface area contributed by atoms with E-state index in [1.807, 2.05) is 0 Å². The zero-order valence-electron chi connectivity index (χ0n) is 13.9. The summed E-state index contributed by atoms with van der Waals surface area (Å²) in [6, 6.07) is 0. The summed E-state index contributed by atoms with van der Waals surface area (Å²) < 4.78 is 17.2. The molecular formula is C10H13N6Na2O7P. The van der Waals surface area contributed by atoms with Crippen LogP contribution in [0.5, 0.6) is 0 Å². The number of anilines is 1. The zero-order chi connectivity index (χ0) is 17.6. The number of aromatic nitrogens is 4. The van der Waals surface area contributed by atoms with Gasteiger partial charge in [0, 0.05) is 6.54 Å². The second-order valence-electron chi connectivity index (χ2n) is 5.18. The Kier molecular flexibility index (Phi) is 8.46. The number of aliphatic hydroxyl groups excluding tert-OH is 2. The first-order valence-electron chi connectivity index (χ1n) is 6.68. The van der Waals surface area contributed by atoms with Gasteiger partial charge in [-0.25, -0.2) is 4.98 Å². The van der Waals surface area contributed by atoms with Crippen molar-refractivity contribution in [3.63, 3.8) is 0 Å². The number of fused-ring (bicyclic) bond motifs is 1. The van der Waals surface area contributed by atoms with E-state index < -0.39 is 44.4 Å². The van der Waals surface area contributed by atoms with Gasteiger partial charge in [-0.15, -0.1) is 0 Å². The fourth-order valence-corrected chi connectivity index (χ4v) is 2.86. The molecule has 0 saturated carbocycles. The average Bonchev–Trinajstić information content (AvgIpc) is 3.00. The fraction of sp³-hybridized carbons (Fsp3) is 0.500. The van der Waals surface area contributed by atoms with Gasteiger partial charge in [0.05, 0.1) is 6.33 Å². The Bertz CT molecular complexity index is 871. The van der Waals surface area contributed by atoms with Gasteiger partial charge in [-0.1, -0.05) is 0 Å². The summed E-state index contributed by atoms with van der Waals surface area (Å²) in [6.07, 6.45) is -4.18. The molecule has 3 heterocycles. The number of aromatic amines is 1. The number of aliphatic hydroxyl groups is 2. The molecule has 4 atom stereocenters. The van der Waals surface area contributed by atoms with Crippen LogP contribution in [0.1, 0.15) is 6.23 Å². The van der Waals surface area contributed by atoms with E-state index >= 15 is 0 Å². The molecule has 2 aromatic rings. The van der Waals surface area contributed by atoms with Crippen molar-refractivity contribution in [2.24, 2.45) is 0 Å². The second-order valence-corrected chi connectivity index (χ2v) is 6.49. The maximum atomic E-state index is 11.7. The van der Waals surface area contributed by atoms with Crippen LogP contribution >= 0.6 is 7.75 Å². The first-order valence-corrected chi connectivity index (χ1v) is 8.23. The SMILES string of the molecule is Nc1nc2c(ncn2[C@@H]2O[C@H](CNP(=O)([O-])[O-])[C@@H](O)[C@H]2O)c(=O)[nH]1.[Na+].[Na+]. The molecule has 26 heavy (non-hydrogen) atoms. The van der Waals surface area contributed by atoms with Gasteiger partial charge in [0.25, 0.3) is 5.56 Å². The zero-order valence-corrected chi connectivity index (χ0v) is 18.8. The number of hydrogen-bond donors (Lipinski definition) is 5. The normalized spacial score (nSPS) is 25.7. The third kappa shape index (κ3) is 4.94. The minimum Gasteiger partial charge on any atom is -0.799 e. The van der Waals surface area contributed by atoms with Gasteiger partial charge in [0.2, 0.25) is 5.95 Å². The molecule has 0 amide bonds. The fourth-order valence-electron chi connectivity index (χ4n) is 2.46. The summed E-state index contributed by atoms with van der Waals surface area (Å²) in [7, 11) is -5.01. The number of ether oxygens (including phenoxy) is 1. The number of hydrogen-bond acceptors (Lipinski definition) is 10. The van der Waals surface area contributed by atoms with Crippen LogP contribution in [0, 0.1) is 0 Å². The van der Waals surface area contributed by atoms with Crippen LogP contribution in [0.4, 0.5) is 5.95 Å². The Balaban J connectivity index is 0.00000169. The molecule has 6 N–H and O–H groups in total. The molecule has 1 aliphatic rings. The van der Waals surface area contributed by atoms with Gasteiger partial charge in [-0.3, -0.25) is 19.4 Å². The molecule has 0 unspecified atom stereocenters. The Morgan fingerprint density at radius 2 is 2.04 bits per heavy atom. The molecule has 13 nitrogen and oxygen atoms in total. The van der Waals surface area contributed by atoms with Crippen LogP contribution in [0.3, 0.4) is 0 Å². The van der Waals surface area contributed by atoms with Crippen molar-refractivity contribution >= 4 is 24.9 Å². The maximum Gasteiger partial charge on any atom is 1.00 e. The van der Waals surface area contributed by atoms with Gasteiger partial charge in [0.15, 0.2) is 17.4 Å². The van der Waals surface area contributed by atoms with E-state index in [9.17, 15) is 29.4 Å². The van der Waals surface area contributed by atoms with E-state index in [1.54, 1.807) is 5.09 Å². The maximum absolute atomic E-state index is 11.7. The topological polar surface area (TPSA) is 214 Å². The average molecular weight is 406 g/mol. The number of nitrogens with two attached hydrogens (primary N) is 1. The third-order valence-electron chi connectivity index (χ3n) is 3.55. The molecule has 0 aromatic carbocycles. The Morgan fingerprint density at radius 1 is 1.38 bits per heavy atom. The van der Waals surface area contributed by atoms with Gasteiger partial charge in [-0.2, -0.15) is 4.98 Å². The summed E-state index contributed by atoms with van der Waals surface area (Å²) in [6.45, 7) is -0.526. The summed E-state index contributed by atoms with van der Waals surface area (Å²) in [5, 5.41) is 21.7. The number of nitrogen functional groups attached to an aromatic ring is 1. The molecule has 1 fully saturated rings. The number of rotatable bonds is 4. The summed E-state index contributed by atoms with van der Waals surface area (Å²) >= 11 is 0. The van der Waals surface area contributed by atoms with Crippen molar-refractivity contribution < 1.29 is 88.4 Å². The van der Waals surface area contributed by atoms with Crippen molar-refractivity contribution in [3.8, 4) is 0 Å². The first kappa shape index (κ1) is 24.2. The van der Waals surface area contributed by atoms with E-state index in [1.165, 1.54) is 4.57 Å². The van der Waals surface area contributed by atoms with Crippen LogP contribution < -0.4 is 85.3 Å². The number of nitrogens with one attached hydrogen (secondary N) is 2. The predicted octanol–water partition coefficient (Wildman–Crippen LogP) is -10.3. The molecule has 2 aromatic heterocycles. The van der Waals surface area contributed by atoms with Crippen LogP contribution in [-0.4, -0.2) is 54.6 Å². The molecule has 3 rings (SSSR count). The Labute approximate surface area is 190 Å².